The molecule has 1 aromatic rings. The molecule has 1 atom stereocenters. The Hall–Kier alpha value is -1.15. The van der Waals surface area contributed by atoms with Crippen molar-refractivity contribution in [2.75, 3.05) is 13.1 Å². The smallest absolute Gasteiger partial charge is 0.164 e. The molecule has 0 radical (unpaired) electrons. The summed E-state index contributed by atoms with van der Waals surface area (Å²) in [4.78, 5) is 14.7. The lowest BCUT2D eigenvalue weighted by molar-refractivity contribution is 0.0940. The number of carbonyl (C=O) groups excluding carboxylic acids is 1. The van der Waals surface area contributed by atoms with Crippen LogP contribution in [0.2, 0.25) is 0 Å². The molecular formula is C16H23NO. The molecule has 1 fully saturated rings. The van der Waals surface area contributed by atoms with Crippen LogP contribution in [0.4, 0.5) is 0 Å². The molecule has 0 bridgehead atoms. The van der Waals surface area contributed by atoms with Crippen LogP contribution in [0.1, 0.15) is 47.7 Å². The Kier molecular flexibility index (Phi) is 4.18. The van der Waals surface area contributed by atoms with Gasteiger partial charge in [-0.15, -0.1) is 0 Å². The highest BCUT2D eigenvalue weighted by atomic mass is 16.1. The van der Waals surface area contributed by atoms with Gasteiger partial charge < -0.3 is 4.90 Å². The SMILES string of the molecule is Cc1ccc(C(=O)CC(C)N2CCCC2)c(C)c1. The Morgan fingerprint density at radius 3 is 2.56 bits per heavy atom. The van der Waals surface area contributed by atoms with Crippen LogP contribution in [-0.2, 0) is 0 Å². The van der Waals surface area contributed by atoms with E-state index in [2.05, 4.69) is 24.8 Å². The molecule has 0 aliphatic carbocycles. The van der Waals surface area contributed by atoms with Gasteiger partial charge in [-0.05, 0) is 52.3 Å². The molecule has 1 heterocycles. The highest BCUT2D eigenvalue weighted by molar-refractivity contribution is 5.97. The largest absolute Gasteiger partial charge is 0.300 e. The molecule has 2 heteroatoms. The van der Waals surface area contributed by atoms with Gasteiger partial charge in [-0.25, -0.2) is 0 Å². The van der Waals surface area contributed by atoms with E-state index in [9.17, 15) is 4.79 Å². The first-order valence-corrected chi connectivity index (χ1v) is 6.92. The van der Waals surface area contributed by atoms with Gasteiger partial charge in [0.1, 0.15) is 0 Å². The topological polar surface area (TPSA) is 20.3 Å². The minimum absolute atomic E-state index is 0.284. The van der Waals surface area contributed by atoms with Crippen molar-refractivity contribution in [3.05, 3.63) is 34.9 Å². The summed E-state index contributed by atoms with van der Waals surface area (Å²) < 4.78 is 0. The van der Waals surface area contributed by atoms with Crippen molar-refractivity contribution in [2.45, 2.75) is 46.1 Å². The zero-order valence-electron chi connectivity index (χ0n) is 11.7. The van der Waals surface area contributed by atoms with Gasteiger partial charge in [-0.3, -0.25) is 4.79 Å². The predicted molar refractivity (Wildman–Crippen MR) is 75.1 cm³/mol. The van der Waals surface area contributed by atoms with Gasteiger partial charge in [0, 0.05) is 18.0 Å². The van der Waals surface area contributed by atoms with Gasteiger partial charge in [-0.1, -0.05) is 23.8 Å². The molecule has 98 valence electrons. The molecule has 2 nitrogen and oxygen atoms in total. The summed E-state index contributed by atoms with van der Waals surface area (Å²) in [7, 11) is 0. The standard InChI is InChI=1S/C16H23NO/c1-12-6-7-15(13(2)10-12)16(18)11-14(3)17-8-4-5-9-17/h6-7,10,14H,4-5,8-9,11H2,1-3H3. The fourth-order valence-electron chi connectivity index (χ4n) is 2.82. The molecule has 1 aromatic carbocycles. The zero-order chi connectivity index (χ0) is 13.1. The Labute approximate surface area is 110 Å². The van der Waals surface area contributed by atoms with Crippen molar-refractivity contribution in [3.8, 4) is 0 Å². The molecule has 2 rings (SSSR count). The predicted octanol–water partition coefficient (Wildman–Crippen LogP) is 3.36. The average molecular weight is 245 g/mol. The van der Waals surface area contributed by atoms with Crippen LogP contribution in [0.15, 0.2) is 18.2 Å². The van der Waals surface area contributed by atoms with E-state index >= 15 is 0 Å². The maximum absolute atomic E-state index is 12.3. The van der Waals surface area contributed by atoms with E-state index in [1.54, 1.807) is 0 Å². The number of hydrogen-bond donors (Lipinski definition) is 0. The maximum atomic E-state index is 12.3. The van der Waals surface area contributed by atoms with E-state index in [-0.39, 0.29) is 5.78 Å². The second kappa shape index (κ2) is 5.66. The van der Waals surface area contributed by atoms with Gasteiger partial charge in [-0.2, -0.15) is 0 Å². The summed E-state index contributed by atoms with van der Waals surface area (Å²) in [6, 6.07) is 6.47. The number of nitrogens with zero attached hydrogens (tertiary/aromatic N) is 1. The Morgan fingerprint density at radius 2 is 1.94 bits per heavy atom. The van der Waals surface area contributed by atoms with E-state index in [0.29, 0.717) is 12.5 Å². The molecule has 0 aromatic heterocycles. The Morgan fingerprint density at radius 1 is 1.28 bits per heavy atom. The first-order chi connectivity index (χ1) is 8.58. The number of hydrogen-bond acceptors (Lipinski definition) is 2. The van der Waals surface area contributed by atoms with Crippen molar-refractivity contribution in [1.29, 1.82) is 0 Å². The fraction of sp³-hybridized carbons (Fsp3) is 0.562. The molecule has 1 aliphatic rings. The van der Waals surface area contributed by atoms with Crippen LogP contribution in [0.5, 0.6) is 0 Å². The molecule has 1 saturated heterocycles. The number of benzene rings is 1. The van der Waals surface area contributed by atoms with Gasteiger partial charge in [0.05, 0.1) is 0 Å². The maximum Gasteiger partial charge on any atom is 0.164 e. The highest BCUT2D eigenvalue weighted by Gasteiger charge is 2.21. The zero-order valence-corrected chi connectivity index (χ0v) is 11.7. The van der Waals surface area contributed by atoms with Crippen LogP contribution < -0.4 is 0 Å². The molecular weight excluding hydrogens is 222 g/mol. The van der Waals surface area contributed by atoms with E-state index < -0.39 is 0 Å². The molecule has 0 N–H and O–H groups in total. The third-order valence-electron chi connectivity index (χ3n) is 3.93. The van der Waals surface area contributed by atoms with E-state index in [4.69, 9.17) is 0 Å². The normalized spacial score (nSPS) is 17.9. The van der Waals surface area contributed by atoms with E-state index in [1.165, 1.54) is 18.4 Å². The summed E-state index contributed by atoms with van der Waals surface area (Å²) in [6.45, 7) is 8.57. The molecule has 0 saturated carbocycles. The summed E-state index contributed by atoms with van der Waals surface area (Å²) >= 11 is 0. The highest BCUT2D eigenvalue weighted by Crippen LogP contribution is 2.18. The van der Waals surface area contributed by atoms with E-state index in [0.717, 1.165) is 24.2 Å². The van der Waals surface area contributed by atoms with Crippen LogP contribution in [0.3, 0.4) is 0 Å². The fourth-order valence-corrected chi connectivity index (χ4v) is 2.82. The summed E-state index contributed by atoms with van der Waals surface area (Å²) in [5.74, 6) is 0.284. The molecule has 1 unspecified atom stereocenters. The number of carbonyl (C=O) groups is 1. The van der Waals surface area contributed by atoms with Crippen molar-refractivity contribution in [2.24, 2.45) is 0 Å². The molecule has 0 spiro atoms. The Balaban J connectivity index is 2.02. The summed E-state index contributed by atoms with van der Waals surface area (Å²) in [5.41, 5.74) is 3.22. The van der Waals surface area contributed by atoms with Gasteiger partial charge in [0.2, 0.25) is 0 Å². The second-order valence-corrected chi connectivity index (χ2v) is 5.54. The van der Waals surface area contributed by atoms with Crippen molar-refractivity contribution in [1.82, 2.24) is 4.90 Å². The van der Waals surface area contributed by atoms with E-state index in [1.807, 2.05) is 19.1 Å². The van der Waals surface area contributed by atoms with Gasteiger partial charge >= 0.3 is 0 Å². The van der Waals surface area contributed by atoms with Crippen molar-refractivity contribution < 1.29 is 4.79 Å². The van der Waals surface area contributed by atoms with Gasteiger partial charge in [0.15, 0.2) is 5.78 Å². The van der Waals surface area contributed by atoms with Crippen LogP contribution >= 0.6 is 0 Å². The molecule has 18 heavy (non-hydrogen) atoms. The van der Waals surface area contributed by atoms with Crippen molar-refractivity contribution in [3.63, 3.8) is 0 Å². The first kappa shape index (κ1) is 13.3. The second-order valence-electron chi connectivity index (χ2n) is 5.54. The molecule has 0 amide bonds. The van der Waals surface area contributed by atoms with Crippen LogP contribution in [-0.4, -0.2) is 29.8 Å². The number of ketones is 1. The minimum atomic E-state index is 0.284. The summed E-state index contributed by atoms with van der Waals surface area (Å²) in [5, 5.41) is 0. The van der Waals surface area contributed by atoms with Crippen LogP contribution in [0, 0.1) is 13.8 Å². The van der Waals surface area contributed by atoms with Crippen molar-refractivity contribution >= 4 is 5.78 Å². The average Bonchev–Trinajstić information content (AvgIpc) is 2.81. The molecule has 1 aliphatic heterocycles. The monoisotopic (exact) mass is 245 g/mol. The number of likely N-dealkylation sites (tertiary alicyclic amines) is 1. The number of Topliss-reactive ketones (excluding diaryl/α,β-unsaturated/α-hetero) is 1. The third kappa shape index (κ3) is 2.99. The third-order valence-corrected chi connectivity index (χ3v) is 3.93. The minimum Gasteiger partial charge on any atom is -0.300 e. The Bertz CT molecular complexity index is 433. The first-order valence-electron chi connectivity index (χ1n) is 6.92. The van der Waals surface area contributed by atoms with Crippen LogP contribution in [0.25, 0.3) is 0 Å². The van der Waals surface area contributed by atoms with Gasteiger partial charge in [0.25, 0.3) is 0 Å². The summed E-state index contributed by atoms with van der Waals surface area (Å²) in [6.07, 6.45) is 3.20. The lowest BCUT2D eigenvalue weighted by atomic mass is 9.98. The lowest BCUT2D eigenvalue weighted by Crippen LogP contribution is -2.32. The lowest BCUT2D eigenvalue weighted by Gasteiger charge is -2.23. The quantitative estimate of drug-likeness (QED) is 0.758. The number of rotatable bonds is 4. The number of aryl methyl sites for hydroxylation is 2.